The van der Waals surface area contributed by atoms with Crippen LogP contribution in [-0.4, -0.2) is 83.3 Å². The molecule has 31 heavy (non-hydrogen) atoms. The molecule has 164 valence electrons. The number of primary amides is 1. The number of pyridine rings is 1. The van der Waals surface area contributed by atoms with E-state index in [-0.39, 0.29) is 6.54 Å². The molecule has 0 saturated carbocycles. The van der Waals surface area contributed by atoms with E-state index in [0.717, 1.165) is 5.69 Å². The van der Waals surface area contributed by atoms with Crippen LogP contribution in [-0.2, 0) is 0 Å². The predicted molar refractivity (Wildman–Crippen MR) is 111 cm³/mol. The fraction of sp³-hybridized carbons (Fsp3) is 0.476. The molecule has 0 aliphatic carbocycles. The van der Waals surface area contributed by atoms with Crippen molar-refractivity contribution in [1.82, 2.24) is 14.8 Å². The lowest BCUT2D eigenvalue weighted by molar-refractivity contribution is -0.0462. The molecule has 0 bridgehead atoms. The summed E-state index contributed by atoms with van der Waals surface area (Å²) in [6.07, 6.45) is -0.105. The van der Waals surface area contributed by atoms with Crippen molar-refractivity contribution in [2.75, 3.05) is 44.2 Å². The summed E-state index contributed by atoms with van der Waals surface area (Å²) >= 11 is 0. The molecule has 2 atom stereocenters. The number of hydrogen-bond donors (Lipinski definition) is 2. The van der Waals surface area contributed by atoms with E-state index in [9.17, 15) is 18.7 Å². The minimum Gasteiger partial charge on any atom is -0.377 e. The van der Waals surface area contributed by atoms with Crippen LogP contribution in [0.1, 0.15) is 16.8 Å². The summed E-state index contributed by atoms with van der Waals surface area (Å²) < 4.78 is 27.3. The second-order valence-electron chi connectivity index (χ2n) is 8.07. The van der Waals surface area contributed by atoms with Crippen LogP contribution in [0.3, 0.4) is 0 Å². The second kappa shape index (κ2) is 8.34. The predicted octanol–water partition coefficient (Wildman–Crippen LogP) is 1.01. The number of aliphatic hydroxyl groups is 1. The van der Waals surface area contributed by atoms with Gasteiger partial charge in [0.15, 0.2) is 0 Å². The fourth-order valence-corrected chi connectivity index (χ4v) is 4.35. The Balaban J connectivity index is 1.39. The number of benzene rings is 1. The van der Waals surface area contributed by atoms with Gasteiger partial charge in [0.1, 0.15) is 12.3 Å². The number of aliphatic hydroxyl groups excluding tert-OH is 1. The van der Waals surface area contributed by atoms with Gasteiger partial charge in [-0.2, -0.15) is 5.26 Å². The Labute approximate surface area is 178 Å². The number of β-amino-alcohol motifs (C(OH)–C–C–N with tert-alkyl or cyclic N) is 1. The van der Waals surface area contributed by atoms with E-state index in [2.05, 4.69) is 9.88 Å². The molecule has 3 heterocycles. The molecule has 2 aromatic rings. The molecule has 1 aromatic carbocycles. The SMILES string of the molecule is N#C[C@@H]1CC(F)(F)CN1[C@@H](O)CN1CCN(c2ccc3nccc(C(N)=O)c3c2)CC1. The van der Waals surface area contributed by atoms with Crippen LogP contribution in [0, 0.1) is 11.3 Å². The number of alkyl halides is 2. The van der Waals surface area contributed by atoms with Crippen molar-refractivity contribution in [3.05, 3.63) is 36.0 Å². The number of amides is 1. The van der Waals surface area contributed by atoms with Crippen molar-refractivity contribution < 1.29 is 18.7 Å². The molecule has 2 aliphatic heterocycles. The Kier molecular flexibility index (Phi) is 5.75. The molecule has 10 heteroatoms. The Morgan fingerprint density at radius 2 is 2.06 bits per heavy atom. The van der Waals surface area contributed by atoms with Crippen molar-refractivity contribution in [2.24, 2.45) is 5.73 Å². The Bertz CT molecular complexity index is 1020. The number of aromatic nitrogens is 1. The molecule has 3 N–H and O–H groups in total. The maximum Gasteiger partial charge on any atom is 0.263 e. The van der Waals surface area contributed by atoms with Gasteiger partial charge in [0.25, 0.3) is 5.92 Å². The highest BCUT2D eigenvalue weighted by Crippen LogP contribution is 2.33. The van der Waals surface area contributed by atoms with Gasteiger partial charge in [0, 0.05) is 56.4 Å². The third-order valence-electron chi connectivity index (χ3n) is 5.99. The van der Waals surface area contributed by atoms with E-state index in [4.69, 9.17) is 11.0 Å². The van der Waals surface area contributed by atoms with E-state index in [0.29, 0.717) is 42.6 Å². The maximum absolute atomic E-state index is 13.6. The molecular formula is C21H24F2N6O2. The van der Waals surface area contributed by atoms with Crippen LogP contribution in [0.5, 0.6) is 0 Å². The number of fused-ring (bicyclic) bond motifs is 1. The van der Waals surface area contributed by atoms with Gasteiger partial charge in [-0.15, -0.1) is 0 Å². The summed E-state index contributed by atoms with van der Waals surface area (Å²) in [5, 5.41) is 20.3. The molecule has 8 nitrogen and oxygen atoms in total. The minimum absolute atomic E-state index is 0.204. The average molecular weight is 430 g/mol. The van der Waals surface area contributed by atoms with Gasteiger partial charge in [0.2, 0.25) is 5.91 Å². The van der Waals surface area contributed by atoms with Crippen LogP contribution in [0.15, 0.2) is 30.5 Å². The van der Waals surface area contributed by atoms with Crippen molar-refractivity contribution in [3.8, 4) is 6.07 Å². The lowest BCUT2D eigenvalue weighted by Crippen LogP contribution is -2.52. The van der Waals surface area contributed by atoms with E-state index in [1.165, 1.54) is 4.90 Å². The van der Waals surface area contributed by atoms with Gasteiger partial charge in [-0.05, 0) is 24.3 Å². The number of likely N-dealkylation sites (tertiary alicyclic amines) is 1. The molecule has 1 aromatic heterocycles. The molecule has 0 unspecified atom stereocenters. The van der Waals surface area contributed by atoms with Crippen LogP contribution in [0.25, 0.3) is 10.9 Å². The topological polar surface area (TPSA) is 110 Å². The number of halogens is 2. The highest BCUT2D eigenvalue weighted by molar-refractivity contribution is 6.06. The molecule has 0 spiro atoms. The summed E-state index contributed by atoms with van der Waals surface area (Å²) in [6.45, 7) is 2.21. The third kappa shape index (κ3) is 4.44. The summed E-state index contributed by atoms with van der Waals surface area (Å²) in [5.41, 5.74) is 7.53. The largest absolute Gasteiger partial charge is 0.377 e. The van der Waals surface area contributed by atoms with E-state index in [1.807, 2.05) is 29.2 Å². The average Bonchev–Trinajstić information content (AvgIpc) is 3.08. The molecule has 0 radical (unpaired) electrons. The first-order valence-corrected chi connectivity index (χ1v) is 10.1. The zero-order valence-electron chi connectivity index (χ0n) is 16.9. The highest BCUT2D eigenvalue weighted by Gasteiger charge is 2.47. The van der Waals surface area contributed by atoms with Crippen LogP contribution in [0.4, 0.5) is 14.5 Å². The van der Waals surface area contributed by atoms with Crippen molar-refractivity contribution in [3.63, 3.8) is 0 Å². The summed E-state index contributed by atoms with van der Waals surface area (Å²) in [4.78, 5) is 21.3. The number of nitriles is 1. The van der Waals surface area contributed by atoms with E-state index < -0.39 is 37.1 Å². The third-order valence-corrected chi connectivity index (χ3v) is 5.99. The van der Waals surface area contributed by atoms with Gasteiger partial charge < -0.3 is 15.7 Å². The molecule has 4 rings (SSSR count). The van der Waals surface area contributed by atoms with Gasteiger partial charge in [-0.1, -0.05) is 0 Å². The first kappa shape index (κ1) is 21.4. The first-order chi connectivity index (χ1) is 14.8. The van der Waals surface area contributed by atoms with E-state index in [1.54, 1.807) is 12.3 Å². The first-order valence-electron chi connectivity index (χ1n) is 10.1. The monoisotopic (exact) mass is 430 g/mol. The number of rotatable bonds is 5. The number of nitrogens with zero attached hydrogens (tertiary/aromatic N) is 5. The minimum atomic E-state index is -2.95. The fourth-order valence-electron chi connectivity index (χ4n) is 4.35. The highest BCUT2D eigenvalue weighted by atomic mass is 19.3. The molecule has 1 amide bonds. The van der Waals surface area contributed by atoms with Crippen LogP contribution >= 0.6 is 0 Å². The smallest absolute Gasteiger partial charge is 0.263 e. The zero-order valence-corrected chi connectivity index (χ0v) is 16.9. The molecule has 2 fully saturated rings. The van der Waals surface area contributed by atoms with Crippen molar-refractivity contribution in [2.45, 2.75) is 24.6 Å². The Hall–Kier alpha value is -2.87. The van der Waals surface area contributed by atoms with Gasteiger partial charge in [0.05, 0.1) is 23.7 Å². The number of carbonyl (C=O) groups is 1. The normalized spacial score (nSPS) is 23.0. The summed E-state index contributed by atoms with van der Waals surface area (Å²) in [5.74, 6) is -3.46. The van der Waals surface area contributed by atoms with Crippen LogP contribution < -0.4 is 10.6 Å². The van der Waals surface area contributed by atoms with E-state index >= 15 is 0 Å². The zero-order chi connectivity index (χ0) is 22.2. The lowest BCUT2D eigenvalue weighted by Gasteiger charge is -2.38. The summed E-state index contributed by atoms with van der Waals surface area (Å²) in [6, 6.07) is 8.18. The molecule has 2 saturated heterocycles. The Morgan fingerprint density at radius 3 is 2.74 bits per heavy atom. The number of piperazine rings is 1. The number of anilines is 1. The van der Waals surface area contributed by atoms with Crippen molar-refractivity contribution in [1.29, 1.82) is 5.26 Å². The van der Waals surface area contributed by atoms with Gasteiger partial charge >= 0.3 is 0 Å². The maximum atomic E-state index is 13.6. The lowest BCUT2D eigenvalue weighted by atomic mass is 10.1. The quantitative estimate of drug-likeness (QED) is 0.728. The number of nitrogens with two attached hydrogens (primary N) is 1. The molecular weight excluding hydrogens is 406 g/mol. The van der Waals surface area contributed by atoms with Gasteiger partial charge in [-0.3, -0.25) is 19.6 Å². The summed E-state index contributed by atoms with van der Waals surface area (Å²) in [7, 11) is 0. The standard InChI is InChI=1S/C21H24F2N6O2/c22-21(23)10-15(11-24)29(13-21)19(30)12-27-5-7-28(8-6-27)14-1-2-18-17(9-14)16(20(25)31)3-4-26-18/h1-4,9,15,19,30H,5-8,10,12-13H2,(H2,25,31)/t15-,19-/m0/s1. The van der Waals surface area contributed by atoms with Crippen molar-refractivity contribution >= 4 is 22.5 Å². The van der Waals surface area contributed by atoms with Crippen LogP contribution in [0.2, 0.25) is 0 Å². The number of hydrogen-bond acceptors (Lipinski definition) is 7. The number of carbonyl (C=O) groups excluding carboxylic acids is 1. The van der Waals surface area contributed by atoms with Gasteiger partial charge in [-0.25, -0.2) is 8.78 Å². The Morgan fingerprint density at radius 1 is 1.32 bits per heavy atom. The molecule has 2 aliphatic rings. The second-order valence-corrected chi connectivity index (χ2v) is 8.07.